The molecule has 82 valence electrons. The molecule has 3 atom stereocenters. The number of alkyl halides is 2. The normalized spacial score (nSPS) is 42.3. The van der Waals surface area contributed by atoms with Crippen LogP contribution in [0.1, 0.15) is 20.8 Å². The summed E-state index contributed by atoms with van der Waals surface area (Å²) in [5.74, 6) is -1.98. The third-order valence-electron chi connectivity index (χ3n) is 3.94. The molecule has 0 N–H and O–H groups in total. The van der Waals surface area contributed by atoms with Crippen LogP contribution in [0, 0.1) is 17.3 Å². The van der Waals surface area contributed by atoms with Gasteiger partial charge in [0.1, 0.15) is 0 Å². The van der Waals surface area contributed by atoms with Crippen LogP contribution in [0.2, 0.25) is 0 Å². The van der Waals surface area contributed by atoms with Crippen LogP contribution in [0.25, 0.3) is 0 Å². The summed E-state index contributed by atoms with van der Waals surface area (Å²) >= 11 is 0. The van der Waals surface area contributed by atoms with Crippen molar-refractivity contribution >= 4 is 0 Å². The lowest BCUT2D eigenvalue weighted by molar-refractivity contribution is 0.0999. The van der Waals surface area contributed by atoms with Crippen molar-refractivity contribution in [2.24, 2.45) is 17.3 Å². The van der Waals surface area contributed by atoms with Crippen LogP contribution in [0.5, 0.6) is 0 Å². The zero-order valence-corrected chi connectivity index (χ0v) is 9.30. The first kappa shape index (κ1) is 10.6. The standard InChI is InChI=1S/C13H16F2/c1-9-4-5-11-8-13(14,15)7-6-12(11,3)10(9)2/h4-10H,1-3H3/t9?,10?,12-/m1/s1. The Morgan fingerprint density at radius 1 is 1.20 bits per heavy atom. The largest absolute Gasteiger partial charge is 0.285 e. The molecule has 0 amide bonds. The molecule has 0 radical (unpaired) electrons. The van der Waals surface area contributed by atoms with E-state index >= 15 is 0 Å². The maximum absolute atomic E-state index is 13.2. The Morgan fingerprint density at radius 3 is 2.53 bits per heavy atom. The molecule has 2 aliphatic rings. The van der Waals surface area contributed by atoms with Crippen LogP contribution in [-0.2, 0) is 0 Å². The predicted molar refractivity (Wildman–Crippen MR) is 57.7 cm³/mol. The van der Waals surface area contributed by atoms with E-state index in [-0.39, 0.29) is 5.41 Å². The molecule has 2 aliphatic carbocycles. The molecule has 0 heterocycles. The Bertz CT molecular complexity index is 363. The number of hydrogen-bond donors (Lipinski definition) is 0. The van der Waals surface area contributed by atoms with Gasteiger partial charge in [-0.05, 0) is 29.6 Å². The summed E-state index contributed by atoms with van der Waals surface area (Å²) in [5, 5.41) is 0. The Kier molecular flexibility index (Phi) is 2.14. The Balaban J connectivity index is 2.49. The van der Waals surface area contributed by atoms with Crippen molar-refractivity contribution < 1.29 is 8.78 Å². The number of rotatable bonds is 0. The fourth-order valence-electron chi connectivity index (χ4n) is 2.40. The Labute approximate surface area is 89.4 Å². The molecule has 0 aromatic carbocycles. The molecule has 2 unspecified atom stereocenters. The fourth-order valence-corrected chi connectivity index (χ4v) is 2.40. The maximum atomic E-state index is 13.2. The van der Waals surface area contributed by atoms with Crippen molar-refractivity contribution in [1.82, 2.24) is 0 Å². The molecule has 15 heavy (non-hydrogen) atoms. The molecule has 2 rings (SSSR count). The molecule has 0 saturated carbocycles. The van der Waals surface area contributed by atoms with Gasteiger partial charge in [0.2, 0.25) is 0 Å². The Hall–Kier alpha value is -0.920. The van der Waals surface area contributed by atoms with Crippen molar-refractivity contribution in [2.75, 3.05) is 0 Å². The van der Waals surface area contributed by atoms with Gasteiger partial charge in [-0.15, -0.1) is 0 Å². The van der Waals surface area contributed by atoms with Crippen LogP contribution in [0.3, 0.4) is 0 Å². The van der Waals surface area contributed by atoms with Gasteiger partial charge in [-0.1, -0.05) is 39.0 Å². The highest BCUT2D eigenvalue weighted by molar-refractivity contribution is 5.42. The van der Waals surface area contributed by atoms with Gasteiger partial charge >= 0.3 is 0 Å². The first-order valence-electron chi connectivity index (χ1n) is 5.35. The van der Waals surface area contributed by atoms with Crippen LogP contribution in [0.15, 0.2) is 36.0 Å². The molecular formula is C13H16F2. The highest BCUT2D eigenvalue weighted by atomic mass is 19.3. The third kappa shape index (κ3) is 1.56. The maximum Gasteiger partial charge on any atom is 0.285 e. The van der Waals surface area contributed by atoms with E-state index in [1.807, 2.05) is 19.1 Å². The van der Waals surface area contributed by atoms with E-state index < -0.39 is 5.92 Å². The second-order valence-electron chi connectivity index (χ2n) is 4.90. The van der Waals surface area contributed by atoms with Crippen molar-refractivity contribution in [1.29, 1.82) is 0 Å². The van der Waals surface area contributed by atoms with Crippen molar-refractivity contribution in [3.05, 3.63) is 36.0 Å². The fraction of sp³-hybridized carbons (Fsp3) is 0.538. The molecular weight excluding hydrogens is 194 g/mol. The average Bonchev–Trinajstić information content (AvgIpc) is 2.16. The average molecular weight is 210 g/mol. The van der Waals surface area contributed by atoms with Gasteiger partial charge in [0, 0.05) is 5.41 Å². The number of halogens is 2. The first-order valence-corrected chi connectivity index (χ1v) is 5.35. The predicted octanol–water partition coefficient (Wildman–Crippen LogP) is 3.97. The van der Waals surface area contributed by atoms with Gasteiger partial charge in [-0.3, -0.25) is 0 Å². The monoisotopic (exact) mass is 210 g/mol. The highest BCUT2D eigenvalue weighted by Gasteiger charge is 2.42. The molecule has 2 heteroatoms. The summed E-state index contributed by atoms with van der Waals surface area (Å²) in [6.45, 7) is 6.29. The lowest BCUT2D eigenvalue weighted by Gasteiger charge is -2.42. The number of hydrogen-bond acceptors (Lipinski definition) is 0. The molecule has 0 nitrogen and oxygen atoms in total. The van der Waals surface area contributed by atoms with Crippen molar-refractivity contribution in [3.63, 3.8) is 0 Å². The van der Waals surface area contributed by atoms with E-state index in [0.29, 0.717) is 11.8 Å². The second-order valence-corrected chi connectivity index (χ2v) is 4.90. The SMILES string of the molecule is CC1C=CC2=CC(F)(F)C=C[C@]2(C)C1C. The zero-order valence-electron chi connectivity index (χ0n) is 9.30. The smallest absolute Gasteiger partial charge is 0.197 e. The quantitative estimate of drug-likeness (QED) is 0.531. The minimum absolute atomic E-state index is 0.226. The van der Waals surface area contributed by atoms with Gasteiger partial charge in [-0.25, -0.2) is 0 Å². The van der Waals surface area contributed by atoms with Crippen LogP contribution in [0.4, 0.5) is 8.78 Å². The van der Waals surface area contributed by atoms with E-state index in [9.17, 15) is 8.78 Å². The van der Waals surface area contributed by atoms with Gasteiger partial charge in [0.15, 0.2) is 0 Å². The second kappa shape index (κ2) is 3.03. The van der Waals surface area contributed by atoms with E-state index in [2.05, 4.69) is 13.8 Å². The highest BCUT2D eigenvalue weighted by Crippen LogP contribution is 2.49. The summed E-state index contributed by atoms with van der Waals surface area (Å²) in [4.78, 5) is 0. The van der Waals surface area contributed by atoms with Gasteiger partial charge in [-0.2, -0.15) is 8.78 Å². The Morgan fingerprint density at radius 2 is 1.87 bits per heavy atom. The molecule has 0 bridgehead atoms. The minimum Gasteiger partial charge on any atom is -0.197 e. The topological polar surface area (TPSA) is 0 Å². The molecule has 0 fully saturated rings. The molecule has 0 spiro atoms. The summed E-state index contributed by atoms with van der Waals surface area (Å²) in [5.41, 5.74) is 0.524. The van der Waals surface area contributed by atoms with Gasteiger partial charge in [0.05, 0.1) is 0 Å². The summed E-state index contributed by atoms with van der Waals surface area (Å²) in [7, 11) is 0. The third-order valence-corrected chi connectivity index (χ3v) is 3.94. The van der Waals surface area contributed by atoms with Crippen molar-refractivity contribution in [2.45, 2.75) is 26.7 Å². The first-order chi connectivity index (χ1) is 6.85. The van der Waals surface area contributed by atoms with E-state index in [4.69, 9.17) is 0 Å². The van der Waals surface area contributed by atoms with E-state index in [1.54, 1.807) is 6.08 Å². The number of allylic oxidation sites excluding steroid dienone is 6. The zero-order chi connectivity index (χ0) is 11.3. The molecule has 0 saturated heterocycles. The lowest BCUT2D eigenvalue weighted by atomic mass is 9.62. The lowest BCUT2D eigenvalue weighted by Crippen LogP contribution is -2.35. The van der Waals surface area contributed by atoms with E-state index in [1.165, 1.54) is 0 Å². The van der Waals surface area contributed by atoms with Gasteiger partial charge in [0.25, 0.3) is 5.92 Å². The van der Waals surface area contributed by atoms with E-state index in [0.717, 1.165) is 17.7 Å². The van der Waals surface area contributed by atoms with Gasteiger partial charge < -0.3 is 0 Å². The summed E-state index contributed by atoms with van der Waals surface area (Å²) in [6.07, 6.45) is 7.66. The van der Waals surface area contributed by atoms with Crippen molar-refractivity contribution in [3.8, 4) is 0 Å². The minimum atomic E-state index is -2.78. The molecule has 0 aromatic rings. The molecule has 0 aromatic heterocycles. The summed E-state index contributed by atoms with van der Waals surface area (Å²) < 4.78 is 26.3. The van der Waals surface area contributed by atoms with Crippen LogP contribution >= 0.6 is 0 Å². The van der Waals surface area contributed by atoms with Crippen LogP contribution in [-0.4, -0.2) is 5.92 Å². The molecule has 0 aliphatic heterocycles. The summed E-state index contributed by atoms with van der Waals surface area (Å²) in [6, 6.07) is 0. The van der Waals surface area contributed by atoms with Crippen LogP contribution < -0.4 is 0 Å². The number of fused-ring (bicyclic) bond motifs is 1.